The van der Waals surface area contributed by atoms with Crippen molar-refractivity contribution >= 4 is 22.0 Å². The molecule has 0 N–H and O–H groups in total. The van der Waals surface area contributed by atoms with Gasteiger partial charge in [0.25, 0.3) is 0 Å². The Morgan fingerprint density at radius 1 is 0.969 bits per heavy atom. The fourth-order valence-corrected chi connectivity index (χ4v) is 5.69. The second-order valence-electron chi connectivity index (χ2n) is 8.08. The first kappa shape index (κ1) is 24.0. The zero-order valence-corrected chi connectivity index (χ0v) is 19.6. The summed E-state index contributed by atoms with van der Waals surface area (Å²) >= 11 is 0. The molecule has 1 aromatic carbocycles. The van der Waals surface area contributed by atoms with Crippen LogP contribution in [-0.4, -0.2) is 91.7 Å². The average Bonchev–Trinajstić information content (AvgIpc) is 2.84. The van der Waals surface area contributed by atoms with Gasteiger partial charge < -0.3 is 14.7 Å². The molecule has 0 unspecified atom stereocenters. The maximum Gasteiger partial charge on any atom is 0.319 e. The molecule has 0 atom stereocenters. The number of nitriles is 1. The van der Waals surface area contributed by atoms with Crippen molar-refractivity contribution in [1.82, 2.24) is 19.0 Å². The lowest BCUT2D eigenvalue weighted by molar-refractivity contribution is -0.138. The zero-order valence-electron chi connectivity index (χ0n) is 18.7. The summed E-state index contributed by atoms with van der Waals surface area (Å²) in [7, 11) is -3.65. The topological polar surface area (TPSA) is 105 Å². The summed E-state index contributed by atoms with van der Waals surface area (Å²) in [6, 6.07) is 7.87. The van der Waals surface area contributed by atoms with E-state index in [1.165, 1.54) is 28.6 Å². The highest BCUT2D eigenvalue weighted by molar-refractivity contribution is 7.89. The van der Waals surface area contributed by atoms with Gasteiger partial charge in [-0.3, -0.25) is 4.79 Å². The third kappa shape index (κ3) is 5.05. The largest absolute Gasteiger partial charge is 0.340 e. The predicted molar refractivity (Wildman–Crippen MR) is 119 cm³/mol. The highest BCUT2D eigenvalue weighted by atomic mass is 32.2. The molecule has 2 fully saturated rings. The standard InChI is InChI=1S/C22H31N5O4S/c1-3-24(4-2)22(29)26-11-9-19(10-12-26)21(28)25-13-15-27(16-14-25)32(30,31)20-7-5-18(17-23)6-8-20/h5-8,19H,3-4,9-16H2,1-2H3. The lowest BCUT2D eigenvalue weighted by Gasteiger charge is -2.39. The fraction of sp³-hybridized carbons (Fsp3) is 0.591. The molecule has 3 rings (SSSR count). The van der Waals surface area contributed by atoms with Gasteiger partial charge in [-0.15, -0.1) is 0 Å². The predicted octanol–water partition coefficient (Wildman–Crippen LogP) is 1.56. The minimum Gasteiger partial charge on any atom is -0.340 e. The summed E-state index contributed by atoms with van der Waals surface area (Å²) in [5, 5.41) is 8.89. The van der Waals surface area contributed by atoms with Crippen molar-refractivity contribution in [3.8, 4) is 6.07 Å². The smallest absolute Gasteiger partial charge is 0.319 e. The molecule has 0 radical (unpaired) electrons. The number of sulfonamides is 1. The van der Waals surface area contributed by atoms with E-state index in [0.717, 1.165) is 0 Å². The Bertz CT molecular complexity index is 953. The molecule has 10 heteroatoms. The van der Waals surface area contributed by atoms with Crippen LogP contribution in [0, 0.1) is 17.2 Å². The number of likely N-dealkylation sites (tertiary alicyclic amines) is 1. The van der Waals surface area contributed by atoms with Crippen molar-refractivity contribution in [3.05, 3.63) is 29.8 Å². The first-order valence-electron chi connectivity index (χ1n) is 11.1. The summed E-state index contributed by atoms with van der Waals surface area (Å²) < 4.78 is 27.1. The van der Waals surface area contributed by atoms with Crippen molar-refractivity contribution in [2.24, 2.45) is 5.92 Å². The van der Waals surface area contributed by atoms with E-state index in [1.54, 1.807) is 9.80 Å². The Morgan fingerprint density at radius 3 is 2.03 bits per heavy atom. The van der Waals surface area contributed by atoms with E-state index in [-0.39, 0.29) is 35.8 Å². The van der Waals surface area contributed by atoms with Crippen molar-refractivity contribution in [2.75, 3.05) is 52.4 Å². The monoisotopic (exact) mass is 461 g/mol. The van der Waals surface area contributed by atoms with Gasteiger partial charge in [-0.05, 0) is 51.0 Å². The molecule has 2 saturated heterocycles. The molecule has 0 aliphatic carbocycles. The number of carbonyl (C=O) groups excluding carboxylic acids is 2. The number of rotatable bonds is 5. The molecular formula is C22H31N5O4S. The van der Waals surface area contributed by atoms with Crippen LogP contribution in [0.1, 0.15) is 32.3 Å². The summed E-state index contributed by atoms with van der Waals surface area (Å²) in [4.78, 5) is 31.0. The quantitative estimate of drug-likeness (QED) is 0.662. The Labute approximate surface area is 190 Å². The second-order valence-corrected chi connectivity index (χ2v) is 10.0. The number of hydrogen-bond donors (Lipinski definition) is 0. The third-order valence-corrected chi connectivity index (χ3v) is 8.23. The van der Waals surface area contributed by atoms with Gasteiger partial charge in [0.2, 0.25) is 15.9 Å². The Morgan fingerprint density at radius 2 is 1.53 bits per heavy atom. The summed E-state index contributed by atoms with van der Waals surface area (Å²) in [5.41, 5.74) is 0.407. The molecule has 2 aliphatic rings. The van der Waals surface area contributed by atoms with E-state index >= 15 is 0 Å². The van der Waals surface area contributed by atoms with Crippen LogP contribution in [0.2, 0.25) is 0 Å². The molecule has 0 aromatic heterocycles. The maximum absolute atomic E-state index is 13.0. The van der Waals surface area contributed by atoms with E-state index in [0.29, 0.717) is 57.7 Å². The van der Waals surface area contributed by atoms with Crippen LogP contribution in [0.25, 0.3) is 0 Å². The molecule has 3 amide bonds. The Kier molecular flexibility index (Phi) is 7.74. The molecule has 0 bridgehead atoms. The number of hydrogen-bond acceptors (Lipinski definition) is 5. The first-order valence-corrected chi connectivity index (χ1v) is 12.6. The molecule has 1 aromatic rings. The van der Waals surface area contributed by atoms with E-state index < -0.39 is 10.0 Å². The lowest BCUT2D eigenvalue weighted by atomic mass is 9.95. The second kappa shape index (κ2) is 10.3. The maximum atomic E-state index is 13.0. The summed E-state index contributed by atoms with van der Waals surface area (Å²) in [6.07, 6.45) is 1.27. The molecule has 174 valence electrons. The van der Waals surface area contributed by atoms with Crippen LogP contribution in [0.4, 0.5) is 4.79 Å². The van der Waals surface area contributed by atoms with Crippen molar-refractivity contribution < 1.29 is 18.0 Å². The van der Waals surface area contributed by atoms with Gasteiger partial charge in [0.05, 0.1) is 16.5 Å². The van der Waals surface area contributed by atoms with Gasteiger partial charge in [0.15, 0.2) is 0 Å². The van der Waals surface area contributed by atoms with E-state index in [1.807, 2.05) is 24.8 Å². The number of piperidine rings is 1. The Balaban J connectivity index is 1.52. The zero-order chi connectivity index (χ0) is 23.3. The fourth-order valence-electron chi connectivity index (χ4n) is 4.27. The minimum absolute atomic E-state index is 0.0301. The number of piperazine rings is 1. The average molecular weight is 462 g/mol. The number of benzene rings is 1. The van der Waals surface area contributed by atoms with Crippen molar-refractivity contribution in [3.63, 3.8) is 0 Å². The summed E-state index contributed by atoms with van der Waals surface area (Å²) in [5.74, 6) is -0.0761. The molecule has 2 heterocycles. The lowest BCUT2D eigenvalue weighted by Crippen LogP contribution is -2.53. The number of nitrogens with zero attached hydrogens (tertiary/aromatic N) is 5. The first-order chi connectivity index (χ1) is 15.3. The van der Waals surface area contributed by atoms with Gasteiger partial charge in [0, 0.05) is 58.3 Å². The molecule has 9 nitrogen and oxygen atoms in total. The minimum atomic E-state index is -3.65. The SMILES string of the molecule is CCN(CC)C(=O)N1CCC(C(=O)N2CCN(S(=O)(=O)c3ccc(C#N)cc3)CC2)CC1. The molecule has 0 saturated carbocycles. The van der Waals surface area contributed by atoms with E-state index in [9.17, 15) is 18.0 Å². The van der Waals surface area contributed by atoms with E-state index in [2.05, 4.69) is 0 Å². The van der Waals surface area contributed by atoms with Crippen LogP contribution in [0.5, 0.6) is 0 Å². The van der Waals surface area contributed by atoms with Crippen LogP contribution in [0.3, 0.4) is 0 Å². The molecule has 2 aliphatic heterocycles. The Hall–Kier alpha value is -2.64. The van der Waals surface area contributed by atoms with Crippen LogP contribution in [0.15, 0.2) is 29.2 Å². The number of amides is 3. The summed E-state index contributed by atoms with van der Waals surface area (Å²) in [6.45, 7) is 7.59. The van der Waals surface area contributed by atoms with Crippen LogP contribution >= 0.6 is 0 Å². The highest BCUT2D eigenvalue weighted by Crippen LogP contribution is 2.23. The molecule has 32 heavy (non-hydrogen) atoms. The van der Waals surface area contributed by atoms with Gasteiger partial charge in [-0.1, -0.05) is 0 Å². The van der Waals surface area contributed by atoms with Gasteiger partial charge in [0.1, 0.15) is 0 Å². The van der Waals surface area contributed by atoms with Gasteiger partial charge in [-0.2, -0.15) is 9.57 Å². The molecule has 0 spiro atoms. The molecular weight excluding hydrogens is 430 g/mol. The number of carbonyl (C=O) groups is 2. The van der Waals surface area contributed by atoms with Crippen LogP contribution in [-0.2, 0) is 14.8 Å². The van der Waals surface area contributed by atoms with Crippen molar-refractivity contribution in [2.45, 2.75) is 31.6 Å². The van der Waals surface area contributed by atoms with Crippen molar-refractivity contribution in [1.29, 1.82) is 5.26 Å². The normalized spacial score (nSPS) is 18.3. The number of urea groups is 1. The highest BCUT2D eigenvalue weighted by Gasteiger charge is 2.35. The van der Waals surface area contributed by atoms with Gasteiger partial charge in [-0.25, -0.2) is 13.2 Å². The van der Waals surface area contributed by atoms with E-state index in [4.69, 9.17) is 5.26 Å². The van der Waals surface area contributed by atoms with Gasteiger partial charge >= 0.3 is 6.03 Å². The third-order valence-electron chi connectivity index (χ3n) is 6.32. The van der Waals surface area contributed by atoms with Crippen LogP contribution < -0.4 is 0 Å².